The summed E-state index contributed by atoms with van der Waals surface area (Å²) in [5, 5.41) is 11.0. The minimum absolute atomic E-state index is 0.0767. The zero-order chi connectivity index (χ0) is 16.2. The van der Waals surface area contributed by atoms with E-state index < -0.39 is 5.41 Å². The molecule has 0 aliphatic rings. The molecule has 116 valence electrons. The molecule has 0 aliphatic heterocycles. The molecule has 0 fully saturated rings. The van der Waals surface area contributed by atoms with Crippen LogP contribution in [-0.4, -0.2) is 23.2 Å². The van der Waals surface area contributed by atoms with E-state index in [0.717, 1.165) is 12.4 Å². The fourth-order valence-electron chi connectivity index (χ4n) is 1.84. The van der Waals surface area contributed by atoms with E-state index in [-0.39, 0.29) is 5.91 Å². The quantitative estimate of drug-likeness (QED) is 0.942. The molecule has 1 heterocycles. The van der Waals surface area contributed by atoms with Crippen molar-refractivity contribution in [1.82, 2.24) is 10.2 Å². The van der Waals surface area contributed by atoms with Crippen LogP contribution < -0.4 is 10.2 Å². The molecule has 0 atom stereocenters. The lowest BCUT2D eigenvalue weighted by atomic mass is 9.96. The van der Waals surface area contributed by atoms with Crippen LogP contribution >= 0.6 is 0 Å². The molecule has 1 aromatic carbocycles. The largest absolute Gasteiger partial charge is 0.354 e. The Morgan fingerprint density at radius 3 is 2.32 bits per heavy atom. The summed E-state index contributed by atoms with van der Waals surface area (Å²) in [5.41, 5.74) is 0.752. The summed E-state index contributed by atoms with van der Waals surface area (Å²) in [4.78, 5) is 13.9. The summed E-state index contributed by atoms with van der Waals surface area (Å²) in [7, 11) is 1.96. The molecule has 5 nitrogen and oxygen atoms in total. The van der Waals surface area contributed by atoms with Gasteiger partial charge in [0.1, 0.15) is 0 Å². The Hall–Kier alpha value is -2.43. The van der Waals surface area contributed by atoms with Gasteiger partial charge in [-0.25, -0.2) is 0 Å². The topological polar surface area (TPSA) is 58.1 Å². The van der Waals surface area contributed by atoms with Crippen molar-refractivity contribution in [1.29, 1.82) is 0 Å². The molecule has 0 saturated carbocycles. The number of carbonyl (C=O) groups excluding carboxylic acids is 1. The van der Waals surface area contributed by atoms with Crippen molar-refractivity contribution in [2.75, 3.05) is 17.3 Å². The lowest BCUT2D eigenvalue weighted by Gasteiger charge is -2.19. The van der Waals surface area contributed by atoms with Gasteiger partial charge in [-0.15, -0.1) is 10.2 Å². The second-order valence-corrected chi connectivity index (χ2v) is 6.32. The number of nitrogens with zero attached hydrogens (tertiary/aromatic N) is 3. The van der Waals surface area contributed by atoms with E-state index in [4.69, 9.17) is 0 Å². The average Bonchev–Trinajstić information content (AvgIpc) is 2.48. The smallest absolute Gasteiger partial charge is 0.230 e. The minimum Gasteiger partial charge on any atom is -0.354 e. The summed E-state index contributed by atoms with van der Waals surface area (Å²) in [6, 6.07) is 13.8. The van der Waals surface area contributed by atoms with Gasteiger partial charge >= 0.3 is 0 Å². The fraction of sp³-hybridized carbons (Fsp3) is 0.353. The molecular formula is C17H22N4O. The first-order valence-electron chi connectivity index (χ1n) is 7.26. The third-order valence-electron chi connectivity index (χ3n) is 3.23. The van der Waals surface area contributed by atoms with Gasteiger partial charge in [0.15, 0.2) is 11.6 Å². The molecule has 1 aromatic heterocycles. The van der Waals surface area contributed by atoms with Crippen LogP contribution in [0.2, 0.25) is 0 Å². The van der Waals surface area contributed by atoms with Gasteiger partial charge in [-0.1, -0.05) is 51.1 Å². The molecule has 5 heteroatoms. The predicted molar refractivity (Wildman–Crippen MR) is 88.7 cm³/mol. The molecular weight excluding hydrogens is 276 g/mol. The number of hydrogen-bond donors (Lipinski definition) is 1. The summed E-state index contributed by atoms with van der Waals surface area (Å²) in [5.74, 6) is 1.15. The lowest BCUT2D eigenvalue weighted by Crippen LogP contribution is -2.28. The van der Waals surface area contributed by atoms with Gasteiger partial charge in [-0.3, -0.25) is 4.79 Å². The number of benzene rings is 1. The van der Waals surface area contributed by atoms with Gasteiger partial charge in [-0.2, -0.15) is 0 Å². The van der Waals surface area contributed by atoms with E-state index in [2.05, 4.69) is 27.6 Å². The van der Waals surface area contributed by atoms with Crippen molar-refractivity contribution < 1.29 is 4.79 Å². The van der Waals surface area contributed by atoms with Gasteiger partial charge < -0.3 is 10.2 Å². The predicted octanol–water partition coefficient (Wildman–Crippen LogP) is 3.10. The van der Waals surface area contributed by atoms with Crippen molar-refractivity contribution in [3.05, 3.63) is 48.0 Å². The molecule has 1 amide bonds. The van der Waals surface area contributed by atoms with E-state index in [1.807, 2.05) is 57.0 Å². The second kappa shape index (κ2) is 6.56. The lowest BCUT2D eigenvalue weighted by molar-refractivity contribution is -0.123. The number of aromatic nitrogens is 2. The highest BCUT2D eigenvalue weighted by atomic mass is 16.2. The molecule has 0 radical (unpaired) electrons. The van der Waals surface area contributed by atoms with E-state index in [0.29, 0.717) is 5.82 Å². The van der Waals surface area contributed by atoms with Crippen molar-refractivity contribution in [3.8, 4) is 0 Å². The van der Waals surface area contributed by atoms with E-state index in [1.54, 1.807) is 6.07 Å². The molecule has 0 bridgehead atoms. The van der Waals surface area contributed by atoms with Crippen LogP contribution in [0.4, 0.5) is 11.6 Å². The van der Waals surface area contributed by atoms with Crippen LogP contribution in [0.1, 0.15) is 26.3 Å². The summed E-state index contributed by atoms with van der Waals surface area (Å²) in [6.07, 6.45) is 0. The molecule has 0 spiro atoms. The van der Waals surface area contributed by atoms with Crippen LogP contribution in [0.25, 0.3) is 0 Å². The first kappa shape index (κ1) is 15.9. The molecule has 1 N–H and O–H groups in total. The highest BCUT2D eigenvalue weighted by Gasteiger charge is 2.21. The molecule has 0 saturated heterocycles. The van der Waals surface area contributed by atoms with Gasteiger partial charge in [0.25, 0.3) is 0 Å². The van der Waals surface area contributed by atoms with Crippen LogP contribution in [0.3, 0.4) is 0 Å². The number of nitrogens with one attached hydrogen (secondary N) is 1. The first-order chi connectivity index (χ1) is 10.4. The standard InChI is InChI=1S/C17H22N4O/c1-17(2,3)16(22)18-14-10-11-15(20-19-14)21(4)12-13-8-6-5-7-9-13/h5-11H,12H2,1-4H3,(H,18,19,22). The third kappa shape index (κ3) is 4.28. The van der Waals surface area contributed by atoms with Crippen molar-refractivity contribution in [3.63, 3.8) is 0 Å². The Labute approximate surface area is 131 Å². The molecule has 22 heavy (non-hydrogen) atoms. The molecule has 0 aliphatic carbocycles. The van der Waals surface area contributed by atoms with Crippen LogP contribution in [0, 0.1) is 5.41 Å². The van der Waals surface area contributed by atoms with Crippen molar-refractivity contribution in [2.24, 2.45) is 5.41 Å². The van der Waals surface area contributed by atoms with Gasteiger partial charge in [0.2, 0.25) is 5.91 Å². The Bertz CT molecular complexity index is 617. The Kier molecular flexibility index (Phi) is 4.75. The maximum absolute atomic E-state index is 11.9. The molecule has 2 rings (SSSR count). The van der Waals surface area contributed by atoms with E-state index in [9.17, 15) is 4.79 Å². The van der Waals surface area contributed by atoms with E-state index >= 15 is 0 Å². The third-order valence-corrected chi connectivity index (χ3v) is 3.23. The number of amides is 1. The number of carbonyl (C=O) groups is 1. The van der Waals surface area contributed by atoms with Gasteiger partial charge in [-0.05, 0) is 17.7 Å². The normalized spacial score (nSPS) is 11.1. The van der Waals surface area contributed by atoms with E-state index in [1.165, 1.54) is 5.56 Å². The zero-order valence-electron chi connectivity index (χ0n) is 13.5. The maximum atomic E-state index is 11.9. The second-order valence-electron chi connectivity index (χ2n) is 6.32. The van der Waals surface area contributed by atoms with Crippen LogP contribution in [0.5, 0.6) is 0 Å². The molecule has 2 aromatic rings. The summed E-state index contributed by atoms with van der Waals surface area (Å²) >= 11 is 0. The van der Waals surface area contributed by atoms with Crippen molar-refractivity contribution >= 4 is 17.5 Å². The summed E-state index contributed by atoms with van der Waals surface area (Å²) in [6.45, 7) is 6.33. The zero-order valence-corrected chi connectivity index (χ0v) is 13.5. The van der Waals surface area contributed by atoms with Gasteiger partial charge in [0, 0.05) is 19.0 Å². The Balaban J connectivity index is 2.01. The summed E-state index contributed by atoms with van der Waals surface area (Å²) < 4.78 is 0. The molecule has 0 unspecified atom stereocenters. The number of rotatable bonds is 4. The highest BCUT2D eigenvalue weighted by Crippen LogP contribution is 2.17. The SMILES string of the molecule is CN(Cc1ccccc1)c1ccc(NC(=O)C(C)(C)C)nn1. The Morgan fingerprint density at radius 1 is 1.09 bits per heavy atom. The monoisotopic (exact) mass is 298 g/mol. The van der Waals surface area contributed by atoms with Crippen LogP contribution in [-0.2, 0) is 11.3 Å². The number of hydrogen-bond acceptors (Lipinski definition) is 4. The maximum Gasteiger partial charge on any atom is 0.230 e. The Morgan fingerprint density at radius 2 is 1.77 bits per heavy atom. The minimum atomic E-state index is -0.454. The van der Waals surface area contributed by atoms with Gasteiger partial charge in [0.05, 0.1) is 0 Å². The van der Waals surface area contributed by atoms with Crippen LogP contribution in [0.15, 0.2) is 42.5 Å². The number of anilines is 2. The fourth-order valence-corrected chi connectivity index (χ4v) is 1.84. The average molecular weight is 298 g/mol. The highest BCUT2D eigenvalue weighted by molar-refractivity contribution is 5.93. The van der Waals surface area contributed by atoms with Crippen molar-refractivity contribution in [2.45, 2.75) is 27.3 Å². The first-order valence-corrected chi connectivity index (χ1v) is 7.26.